The Morgan fingerprint density at radius 2 is 1.84 bits per heavy atom. The molecule has 0 aliphatic carbocycles. The number of fused-ring (bicyclic) bond motifs is 1. The molecule has 1 N–H and O–H groups in total. The minimum Gasteiger partial charge on any atom is -0.497 e. The molecule has 6 nitrogen and oxygen atoms in total. The Balaban J connectivity index is 1.62. The van der Waals surface area contributed by atoms with E-state index in [1.54, 1.807) is 47.1 Å². The number of alkyl halides is 2. The van der Waals surface area contributed by atoms with Crippen molar-refractivity contribution < 1.29 is 27.4 Å². The van der Waals surface area contributed by atoms with Crippen molar-refractivity contribution in [3.63, 3.8) is 0 Å². The molecule has 3 aromatic carbocycles. The maximum atomic E-state index is 13.9. The number of aromatic nitrogens is 2. The number of ether oxygens (including phenoxy) is 2. The van der Waals surface area contributed by atoms with Crippen LogP contribution in [0, 0.1) is 5.82 Å². The predicted octanol–water partition coefficient (Wildman–Crippen LogP) is 5.09. The quantitative estimate of drug-likeness (QED) is 0.434. The lowest BCUT2D eigenvalue weighted by Crippen LogP contribution is -2.13. The van der Waals surface area contributed by atoms with Gasteiger partial charge in [-0.15, -0.1) is 0 Å². The maximum Gasteiger partial charge on any atom is 0.387 e. The standard InChI is InChI=1S/C23H18F3N3O3/c1-31-18-4-2-3-15(11-18)22(30)27-21-19-12-16(24)7-10-20(19)29(28-21)13-14-5-8-17(9-6-14)32-23(25)26/h2-12,23H,13H2,1H3,(H,27,28,30). The first kappa shape index (κ1) is 21.2. The lowest BCUT2D eigenvalue weighted by Gasteiger charge is -2.07. The van der Waals surface area contributed by atoms with Crippen LogP contribution in [0.4, 0.5) is 19.0 Å². The van der Waals surface area contributed by atoms with E-state index in [2.05, 4.69) is 15.2 Å². The summed E-state index contributed by atoms with van der Waals surface area (Å²) < 4.78 is 49.7. The van der Waals surface area contributed by atoms with Crippen molar-refractivity contribution >= 4 is 22.6 Å². The molecule has 0 aliphatic rings. The van der Waals surface area contributed by atoms with Crippen molar-refractivity contribution in [3.8, 4) is 11.5 Å². The number of halogens is 3. The van der Waals surface area contributed by atoms with Crippen LogP contribution in [0.15, 0.2) is 66.7 Å². The van der Waals surface area contributed by atoms with Gasteiger partial charge in [0.1, 0.15) is 17.3 Å². The molecule has 0 unspecified atom stereocenters. The lowest BCUT2D eigenvalue weighted by molar-refractivity contribution is -0.0498. The molecule has 0 spiro atoms. The van der Waals surface area contributed by atoms with Crippen molar-refractivity contribution in [1.82, 2.24) is 9.78 Å². The van der Waals surface area contributed by atoms with Crippen molar-refractivity contribution in [3.05, 3.63) is 83.7 Å². The first-order valence-corrected chi connectivity index (χ1v) is 9.58. The van der Waals surface area contributed by atoms with Crippen LogP contribution in [0.1, 0.15) is 15.9 Å². The van der Waals surface area contributed by atoms with E-state index >= 15 is 0 Å². The summed E-state index contributed by atoms with van der Waals surface area (Å²) >= 11 is 0. The van der Waals surface area contributed by atoms with Gasteiger partial charge >= 0.3 is 6.61 Å². The number of nitrogens with zero attached hydrogens (tertiary/aromatic N) is 2. The molecule has 1 amide bonds. The molecule has 0 saturated heterocycles. The molecule has 164 valence electrons. The van der Waals surface area contributed by atoms with Crippen LogP contribution in [-0.2, 0) is 6.54 Å². The third kappa shape index (κ3) is 4.66. The highest BCUT2D eigenvalue weighted by Gasteiger charge is 2.16. The summed E-state index contributed by atoms with van der Waals surface area (Å²) in [6.07, 6.45) is 0. The molecule has 0 bridgehead atoms. The molecule has 1 heterocycles. The molecular formula is C23H18F3N3O3. The zero-order valence-electron chi connectivity index (χ0n) is 16.9. The average Bonchev–Trinajstić information content (AvgIpc) is 3.10. The Morgan fingerprint density at radius 1 is 1.06 bits per heavy atom. The second kappa shape index (κ2) is 9.01. The Kier molecular flexibility index (Phi) is 5.98. The van der Waals surface area contributed by atoms with E-state index in [9.17, 15) is 18.0 Å². The van der Waals surface area contributed by atoms with E-state index in [1.165, 1.54) is 31.4 Å². The van der Waals surface area contributed by atoms with Gasteiger partial charge in [0.25, 0.3) is 5.91 Å². The maximum absolute atomic E-state index is 13.9. The van der Waals surface area contributed by atoms with E-state index in [-0.39, 0.29) is 18.1 Å². The monoisotopic (exact) mass is 441 g/mol. The van der Waals surface area contributed by atoms with Gasteiger partial charge in [0.05, 0.1) is 19.2 Å². The number of amides is 1. The lowest BCUT2D eigenvalue weighted by atomic mass is 10.2. The fourth-order valence-electron chi connectivity index (χ4n) is 3.26. The highest BCUT2D eigenvalue weighted by Crippen LogP contribution is 2.26. The Morgan fingerprint density at radius 3 is 2.56 bits per heavy atom. The summed E-state index contributed by atoms with van der Waals surface area (Å²) in [7, 11) is 1.50. The van der Waals surface area contributed by atoms with Gasteiger partial charge in [-0.25, -0.2) is 4.39 Å². The third-order valence-corrected chi connectivity index (χ3v) is 4.76. The third-order valence-electron chi connectivity index (χ3n) is 4.76. The van der Waals surface area contributed by atoms with E-state index in [0.29, 0.717) is 22.2 Å². The molecule has 32 heavy (non-hydrogen) atoms. The zero-order chi connectivity index (χ0) is 22.7. The van der Waals surface area contributed by atoms with Crippen molar-refractivity contribution in [2.75, 3.05) is 12.4 Å². The van der Waals surface area contributed by atoms with Crippen LogP contribution in [-0.4, -0.2) is 29.4 Å². The molecule has 0 saturated carbocycles. The summed E-state index contributed by atoms with van der Waals surface area (Å²) in [5.74, 6) is -0.124. The Hall–Kier alpha value is -4.01. The summed E-state index contributed by atoms with van der Waals surface area (Å²) in [5, 5.41) is 7.59. The molecule has 0 atom stereocenters. The van der Waals surface area contributed by atoms with Gasteiger partial charge in [0.15, 0.2) is 5.82 Å². The summed E-state index contributed by atoms with van der Waals surface area (Å²) in [5.41, 5.74) is 1.71. The van der Waals surface area contributed by atoms with Gasteiger partial charge in [-0.3, -0.25) is 9.48 Å². The second-order valence-corrected chi connectivity index (χ2v) is 6.88. The SMILES string of the molecule is COc1cccc(C(=O)Nc2nn(Cc3ccc(OC(F)F)cc3)c3ccc(F)cc23)c1. The topological polar surface area (TPSA) is 65.4 Å². The highest BCUT2D eigenvalue weighted by molar-refractivity contribution is 6.08. The molecule has 0 fully saturated rings. The van der Waals surface area contributed by atoms with Crippen molar-refractivity contribution in [1.29, 1.82) is 0 Å². The van der Waals surface area contributed by atoms with Gasteiger partial charge in [-0.2, -0.15) is 13.9 Å². The van der Waals surface area contributed by atoms with Crippen molar-refractivity contribution in [2.24, 2.45) is 0 Å². The molecular weight excluding hydrogens is 423 g/mol. The van der Waals surface area contributed by atoms with Gasteiger partial charge in [-0.05, 0) is 54.1 Å². The fourth-order valence-corrected chi connectivity index (χ4v) is 3.26. The predicted molar refractivity (Wildman–Crippen MR) is 113 cm³/mol. The normalized spacial score (nSPS) is 11.0. The summed E-state index contributed by atoms with van der Waals surface area (Å²) in [4.78, 5) is 12.7. The number of hydrogen-bond acceptors (Lipinski definition) is 4. The number of hydrogen-bond donors (Lipinski definition) is 1. The molecule has 4 aromatic rings. The van der Waals surface area contributed by atoms with Gasteiger partial charge in [-0.1, -0.05) is 18.2 Å². The van der Waals surface area contributed by atoms with Crippen LogP contribution in [0.3, 0.4) is 0 Å². The fraction of sp³-hybridized carbons (Fsp3) is 0.130. The number of carbonyl (C=O) groups is 1. The van der Waals surface area contributed by atoms with Crippen LogP contribution in [0.25, 0.3) is 10.9 Å². The number of anilines is 1. The Bertz CT molecular complexity index is 1260. The number of carbonyl (C=O) groups excluding carboxylic acids is 1. The van der Waals surface area contributed by atoms with Gasteiger partial charge in [0, 0.05) is 10.9 Å². The number of nitrogens with one attached hydrogen (secondary N) is 1. The largest absolute Gasteiger partial charge is 0.497 e. The number of rotatable bonds is 7. The number of benzene rings is 3. The van der Waals surface area contributed by atoms with Gasteiger partial charge in [0.2, 0.25) is 0 Å². The smallest absolute Gasteiger partial charge is 0.387 e. The highest BCUT2D eigenvalue weighted by atomic mass is 19.3. The van der Waals surface area contributed by atoms with Crippen LogP contribution in [0.2, 0.25) is 0 Å². The zero-order valence-corrected chi connectivity index (χ0v) is 16.9. The second-order valence-electron chi connectivity index (χ2n) is 6.88. The summed E-state index contributed by atoms with van der Waals surface area (Å²) in [6, 6.07) is 16.9. The first-order chi connectivity index (χ1) is 15.4. The van der Waals surface area contributed by atoms with E-state index < -0.39 is 18.3 Å². The number of methoxy groups -OCH3 is 1. The average molecular weight is 441 g/mol. The van der Waals surface area contributed by atoms with E-state index in [1.807, 2.05) is 0 Å². The minimum atomic E-state index is -2.90. The minimum absolute atomic E-state index is 0.0439. The molecule has 4 rings (SSSR count). The molecule has 1 aromatic heterocycles. The van der Waals surface area contributed by atoms with Crippen molar-refractivity contribution in [2.45, 2.75) is 13.2 Å². The molecule has 0 radical (unpaired) electrons. The van der Waals surface area contributed by atoms with Crippen LogP contribution in [0.5, 0.6) is 11.5 Å². The molecule has 9 heteroatoms. The van der Waals surface area contributed by atoms with Crippen LogP contribution < -0.4 is 14.8 Å². The summed E-state index contributed by atoms with van der Waals surface area (Å²) in [6.45, 7) is -2.63. The van der Waals surface area contributed by atoms with E-state index in [4.69, 9.17) is 4.74 Å². The van der Waals surface area contributed by atoms with E-state index in [0.717, 1.165) is 5.56 Å². The first-order valence-electron chi connectivity index (χ1n) is 9.58. The van der Waals surface area contributed by atoms with Gasteiger partial charge < -0.3 is 14.8 Å². The molecule has 0 aliphatic heterocycles. The van der Waals surface area contributed by atoms with Crippen LogP contribution >= 0.6 is 0 Å². The Labute approximate surface area is 181 Å².